The van der Waals surface area contributed by atoms with Crippen molar-refractivity contribution in [2.45, 2.75) is 83.9 Å². The number of halogens is 1. The molecule has 0 aromatic heterocycles. The lowest BCUT2D eigenvalue weighted by atomic mass is 9.45. The number of alkyl halides is 1. The molecule has 8 atom stereocenters. The van der Waals surface area contributed by atoms with Crippen molar-refractivity contribution < 1.29 is 9.50 Å². The molecule has 4 aliphatic rings. The van der Waals surface area contributed by atoms with E-state index in [-0.39, 0.29) is 11.5 Å². The number of aliphatic hydroxyl groups is 1. The Morgan fingerprint density at radius 1 is 0.857 bits per heavy atom. The van der Waals surface area contributed by atoms with Gasteiger partial charge in [-0.15, -0.1) is 0 Å². The summed E-state index contributed by atoms with van der Waals surface area (Å²) in [6, 6.07) is 0. The number of hydrogen-bond acceptors (Lipinski definition) is 1. The van der Waals surface area contributed by atoms with Crippen molar-refractivity contribution >= 4 is 0 Å². The second kappa shape index (κ2) is 4.69. The Labute approximate surface area is 128 Å². The van der Waals surface area contributed by atoms with E-state index in [9.17, 15) is 9.50 Å². The first-order chi connectivity index (χ1) is 9.95. The van der Waals surface area contributed by atoms with Gasteiger partial charge in [-0.05, 0) is 92.3 Å². The first-order valence-corrected chi connectivity index (χ1v) is 9.27. The third-order valence-electron chi connectivity index (χ3n) is 8.55. The van der Waals surface area contributed by atoms with Crippen molar-refractivity contribution in [3.05, 3.63) is 0 Å². The zero-order chi connectivity index (χ0) is 14.8. The predicted octanol–water partition coefficient (Wildman–Crippen LogP) is 4.73. The quantitative estimate of drug-likeness (QED) is 0.685. The first-order valence-electron chi connectivity index (χ1n) is 9.27. The molecule has 0 bridgehead atoms. The van der Waals surface area contributed by atoms with Crippen LogP contribution in [0.4, 0.5) is 4.39 Å². The molecule has 0 aliphatic heterocycles. The van der Waals surface area contributed by atoms with Gasteiger partial charge in [0.1, 0.15) is 6.17 Å². The van der Waals surface area contributed by atoms with E-state index in [2.05, 4.69) is 13.8 Å². The summed E-state index contributed by atoms with van der Waals surface area (Å²) in [7, 11) is 0. The highest BCUT2D eigenvalue weighted by atomic mass is 19.1. The maximum absolute atomic E-state index is 13.8. The Morgan fingerprint density at radius 3 is 2.38 bits per heavy atom. The van der Waals surface area contributed by atoms with Crippen LogP contribution in [-0.2, 0) is 0 Å². The molecule has 4 fully saturated rings. The molecule has 0 spiro atoms. The minimum atomic E-state index is -0.540. The van der Waals surface area contributed by atoms with Crippen LogP contribution < -0.4 is 0 Å². The van der Waals surface area contributed by atoms with Gasteiger partial charge in [0.05, 0.1) is 6.10 Å². The summed E-state index contributed by atoms with van der Waals surface area (Å²) < 4.78 is 13.8. The second-order valence-electron chi connectivity index (χ2n) is 9.17. The third-order valence-corrected chi connectivity index (χ3v) is 8.55. The van der Waals surface area contributed by atoms with Crippen molar-refractivity contribution in [2.75, 3.05) is 0 Å². The SMILES string of the molecule is CC12CCC3C(CCC4CC(F)CCC43C)C1CCC2O. The summed E-state index contributed by atoms with van der Waals surface area (Å²) in [6.45, 7) is 4.83. The summed E-state index contributed by atoms with van der Waals surface area (Å²) in [5.74, 6) is 2.95. The Hall–Kier alpha value is -0.110. The molecular weight excluding hydrogens is 263 g/mol. The van der Waals surface area contributed by atoms with Crippen molar-refractivity contribution in [2.24, 2.45) is 34.5 Å². The molecule has 4 saturated carbocycles. The number of rotatable bonds is 0. The molecule has 0 aromatic carbocycles. The van der Waals surface area contributed by atoms with Gasteiger partial charge < -0.3 is 5.11 Å². The smallest absolute Gasteiger partial charge is 0.100 e. The van der Waals surface area contributed by atoms with Crippen LogP contribution >= 0.6 is 0 Å². The van der Waals surface area contributed by atoms with Gasteiger partial charge in [-0.25, -0.2) is 4.39 Å². The second-order valence-corrected chi connectivity index (χ2v) is 9.17. The summed E-state index contributed by atoms with van der Waals surface area (Å²) in [5.41, 5.74) is 0.571. The number of hydrogen-bond donors (Lipinski definition) is 1. The molecule has 120 valence electrons. The first kappa shape index (κ1) is 14.5. The summed E-state index contributed by atoms with van der Waals surface area (Å²) >= 11 is 0. The molecule has 2 heteroatoms. The van der Waals surface area contributed by atoms with Crippen molar-refractivity contribution in [1.82, 2.24) is 0 Å². The predicted molar refractivity (Wildman–Crippen MR) is 82.6 cm³/mol. The van der Waals surface area contributed by atoms with Crippen LogP contribution in [0.15, 0.2) is 0 Å². The molecule has 4 rings (SSSR count). The van der Waals surface area contributed by atoms with Gasteiger partial charge in [0.15, 0.2) is 0 Å². The average Bonchev–Trinajstić information content (AvgIpc) is 2.76. The molecule has 0 radical (unpaired) electrons. The summed E-state index contributed by atoms with van der Waals surface area (Å²) in [4.78, 5) is 0. The van der Waals surface area contributed by atoms with E-state index < -0.39 is 6.17 Å². The van der Waals surface area contributed by atoms with Crippen LogP contribution in [0.5, 0.6) is 0 Å². The lowest BCUT2D eigenvalue weighted by Gasteiger charge is -2.60. The largest absolute Gasteiger partial charge is 0.393 e. The van der Waals surface area contributed by atoms with Crippen molar-refractivity contribution in [3.8, 4) is 0 Å². The van der Waals surface area contributed by atoms with E-state index in [1.165, 1.54) is 32.1 Å². The standard InChI is InChI=1S/C19H31FO/c1-18-9-7-13(20)11-12(18)3-4-14-15-5-6-17(21)19(15,2)10-8-16(14)18/h12-17,21H,3-11H2,1-2H3. The van der Waals surface area contributed by atoms with Crippen LogP contribution in [-0.4, -0.2) is 17.4 Å². The van der Waals surface area contributed by atoms with Crippen LogP contribution in [0.3, 0.4) is 0 Å². The Kier molecular flexibility index (Phi) is 3.24. The highest BCUT2D eigenvalue weighted by Gasteiger charge is 2.60. The Morgan fingerprint density at radius 2 is 1.57 bits per heavy atom. The van der Waals surface area contributed by atoms with Crippen molar-refractivity contribution in [1.29, 1.82) is 0 Å². The molecule has 1 N–H and O–H groups in total. The van der Waals surface area contributed by atoms with E-state index in [0.29, 0.717) is 11.3 Å². The maximum Gasteiger partial charge on any atom is 0.100 e. The van der Waals surface area contributed by atoms with Gasteiger partial charge in [0.25, 0.3) is 0 Å². The van der Waals surface area contributed by atoms with Gasteiger partial charge in [0.2, 0.25) is 0 Å². The van der Waals surface area contributed by atoms with Crippen LogP contribution in [0, 0.1) is 34.5 Å². The van der Waals surface area contributed by atoms with Gasteiger partial charge in [-0.2, -0.15) is 0 Å². The number of aliphatic hydroxyl groups excluding tert-OH is 1. The molecule has 8 unspecified atom stereocenters. The molecule has 1 nitrogen and oxygen atoms in total. The minimum Gasteiger partial charge on any atom is -0.393 e. The van der Waals surface area contributed by atoms with E-state index in [4.69, 9.17) is 0 Å². The van der Waals surface area contributed by atoms with Gasteiger partial charge in [-0.1, -0.05) is 13.8 Å². The fourth-order valence-electron chi connectivity index (χ4n) is 7.18. The van der Waals surface area contributed by atoms with Gasteiger partial charge in [0, 0.05) is 0 Å². The van der Waals surface area contributed by atoms with Crippen LogP contribution in [0.2, 0.25) is 0 Å². The molecule has 4 aliphatic carbocycles. The van der Waals surface area contributed by atoms with E-state index >= 15 is 0 Å². The van der Waals surface area contributed by atoms with E-state index in [1.54, 1.807) is 0 Å². The topological polar surface area (TPSA) is 20.2 Å². The molecule has 0 saturated heterocycles. The molecular formula is C19H31FO. The van der Waals surface area contributed by atoms with Crippen molar-refractivity contribution in [3.63, 3.8) is 0 Å². The zero-order valence-corrected chi connectivity index (χ0v) is 13.7. The number of fused-ring (bicyclic) bond motifs is 5. The molecule has 21 heavy (non-hydrogen) atoms. The molecule has 0 aromatic rings. The maximum atomic E-state index is 13.8. The van der Waals surface area contributed by atoms with Crippen LogP contribution in [0.25, 0.3) is 0 Å². The molecule has 0 heterocycles. The lowest BCUT2D eigenvalue weighted by Crippen LogP contribution is -2.54. The minimum absolute atomic E-state index is 0.0736. The average molecular weight is 294 g/mol. The normalized spacial score (nSPS) is 60.0. The fraction of sp³-hybridized carbons (Fsp3) is 1.00. The van der Waals surface area contributed by atoms with Gasteiger partial charge >= 0.3 is 0 Å². The van der Waals surface area contributed by atoms with E-state index in [0.717, 1.165) is 43.4 Å². The summed E-state index contributed by atoms with van der Waals surface area (Å²) in [6.07, 6.45) is 9.35. The summed E-state index contributed by atoms with van der Waals surface area (Å²) in [5, 5.41) is 10.5. The van der Waals surface area contributed by atoms with Gasteiger partial charge in [-0.3, -0.25) is 0 Å². The zero-order valence-electron chi connectivity index (χ0n) is 13.7. The lowest BCUT2D eigenvalue weighted by molar-refractivity contribution is -0.128. The fourth-order valence-corrected chi connectivity index (χ4v) is 7.18. The third kappa shape index (κ3) is 1.90. The van der Waals surface area contributed by atoms with Crippen LogP contribution in [0.1, 0.15) is 71.6 Å². The highest BCUT2D eigenvalue weighted by Crippen LogP contribution is 2.66. The van der Waals surface area contributed by atoms with E-state index in [1.807, 2.05) is 0 Å². The monoisotopic (exact) mass is 294 g/mol. The Balaban J connectivity index is 1.62. The Bertz CT molecular complexity index is 424. The highest BCUT2D eigenvalue weighted by molar-refractivity contribution is 5.09. The molecule has 0 amide bonds.